The molecule has 0 aliphatic carbocycles. The lowest BCUT2D eigenvalue weighted by atomic mass is 10.3. The molecule has 1 rings (SSSR count). The lowest BCUT2D eigenvalue weighted by molar-refractivity contribution is -0.140. The molecule has 0 aliphatic rings. The molecule has 0 spiro atoms. The van der Waals surface area contributed by atoms with E-state index in [4.69, 9.17) is 22.7 Å². The molecule has 0 bridgehead atoms. The third-order valence-corrected chi connectivity index (χ3v) is 1.93. The Bertz CT molecular complexity index is 395. The number of carbonyl (C=O) groups excluding carboxylic acids is 1. The van der Waals surface area contributed by atoms with Crippen molar-refractivity contribution < 1.29 is 9.53 Å². The Kier molecular flexibility index (Phi) is 4.65. The minimum atomic E-state index is -0.329. The Labute approximate surface area is 99.0 Å². The Morgan fingerprint density at radius 3 is 3.00 bits per heavy atom. The fourth-order valence-corrected chi connectivity index (χ4v) is 1.16. The van der Waals surface area contributed by atoms with Gasteiger partial charge in [-0.05, 0) is 19.1 Å². The van der Waals surface area contributed by atoms with Gasteiger partial charge in [0.2, 0.25) is 0 Å². The van der Waals surface area contributed by atoms with Crippen molar-refractivity contribution in [1.82, 2.24) is 4.98 Å². The van der Waals surface area contributed by atoms with Crippen molar-refractivity contribution in [2.45, 2.75) is 6.92 Å². The van der Waals surface area contributed by atoms with Gasteiger partial charge in [-0.1, -0.05) is 18.3 Å². The summed E-state index contributed by atoms with van der Waals surface area (Å²) in [5.74, 6) is 0.211. The van der Waals surface area contributed by atoms with Crippen LogP contribution < -0.4 is 11.1 Å². The molecule has 0 unspecified atom stereocenters. The average Bonchev–Trinajstić information content (AvgIpc) is 2.27. The number of anilines is 1. The van der Waals surface area contributed by atoms with Gasteiger partial charge < -0.3 is 15.8 Å². The molecule has 0 aromatic carbocycles. The lowest BCUT2D eigenvalue weighted by Crippen LogP contribution is -2.18. The number of carbonyl (C=O) groups is 1. The molecule has 0 saturated heterocycles. The Morgan fingerprint density at radius 2 is 2.38 bits per heavy atom. The maximum Gasteiger partial charge on any atom is 0.325 e. The highest BCUT2D eigenvalue weighted by Crippen LogP contribution is 2.04. The predicted molar refractivity (Wildman–Crippen MR) is 65.2 cm³/mol. The highest BCUT2D eigenvalue weighted by Gasteiger charge is 2.03. The number of hydrogen-bond donors (Lipinski definition) is 2. The van der Waals surface area contributed by atoms with Gasteiger partial charge in [0.1, 0.15) is 17.4 Å². The van der Waals surface area contributed by atoms with Crippen LogP contribution in [0.2, 0.25) is 0 Å². The van der Waals surface area contributed by atoms with E-state index < -0.39 is 0 Å². The summed E-state index contributed by atoms with van der Waals surface area (Å²) >= 11 is 4.79. The smallest absolute Gasteiger partial charge is 0.325 e. The highest BCUT2D eigenvalue weighted by molar-refractivity contribution is 7.80. The molecular formula is C10H13N3O2S. The van der Waals surface area contributed by atoms with Gasteiger partial charge in [-0.15, -0.1) is 0 Å². The summed E-state index contributed by atoms with van der Waals surface area (Å²) < 4.78 is 4.76. The number of nitrogens with zero attached hydrogens (tertiary/aromatic N) is 1. The van der Waals surface area contributed by atoms with Crippen LogP contribution in [0, 0.1) is 0 Å². The minimum Gasteiger partial charge on any atom is -0.465 e. The van der Waals surface area contributed by atoms with Gasteiger partial charge in [-0.3, -0.25) is 4.79 Å². The van der Waals surface area contributed by atoms with Crippen molar-refractivity contribution in [3.8, 4) is 0 Å². The first-order chi connectivity index (χ1) is 7.63. The summed E-state index contributed by atoms with van der Waals surface area (Å²) in [6.45, 7) is 2.19. The first-order valence-electron chi connectivity index (χ1n) is 4.80. The molecule has 1 aromatic heterocycles. The number of ether oxygens (including phenoxy) is 1. The second kappa shape index (κ2) is 6.02. The van der Waals surface area contributed by atoms with E-state index in [0.29, 0.717) is 18.1 Å². The van der Waals surface area contributed by atoms with Crippen LogP contribution in [-0.2, 0) is 9.53 Å². The van der Waals surface area contributed by atoms with Gasteiger partial charge in [0.15, 0.2) is 0 Å². The molecule has 1 heterocycles. The van der Waals surface area contributed by atoms with Crippen LogP contribution in [0.25, 0.3) is 0 Å². The zero-order valence-corrected chi connectivity index (χ0v) is 9.71. The molecule has 0 atom stereocenters. The van der Waals surface area contributed by atoms with Crippen LogP contribution in [-0.4, -0.2) is 29.1 Å². The van der Waals surface area contributed by atoms with Gasteiger partial charge in [0, 0.05) is 0 Å². The standard InChI is InChI=1S/C10H13N3O2S/c1-2-15-9(14)6-12-8-5-3-4-7(13-8)10(11)16/h3-5H,2,6H2,1H3,(H2,11,16)(H,12,13). The summed E-state index contributed by atoms with van der Waals surface area (Å²) in [5, 5.41) is 2.82. The number of rotatable bonds is 5. The summed E-state index contributed by atoms with van der Waals surface area (Å²) in [4.78, 5) is 15.4. The third-order valence-electron chi connectivity index (χ3n) is 1.72. The fraction of sp³-hybridized carbons (Fsp3) is 0.300. The van der Waals surface area contributed by atoms with Crippen molar-refractivity contribution in [3.63, 3.8) is 0 Å². The molecule has 6 heteroatoms. The van der Waals surface area contributed by atoms with Crippen LogP contribution in [0.3, 0.4) is 0 Å². The monoisotopic (exact) mass is 239 g/mol. The van der Waals surface area contributed by atoms with Gasteiger partial charge in [-0.2, -0.15) is 0 Å². The van der Waals surface area contributed by atoms with Crippen LogP contribution in [0.4, 0.5) is 5.82 Å². The summed E-state index contributed by atoms with van der Waals surface area (Å²) in [7, 11) is 0. The molecule has 1 aromatic rings. The van der Waals surface area contributed by atoms with E-state index >= 15 is 0 Å². The molecular weight excluding hydrogens is 226 g/mol. The number of nitrogens with one attached hydrogen (secondary N) is 1. The fourth-order valence-electron chi connectivity index (χ4n) is 1.05. The van der Waals surface area contributed by atoms with Crippen LogP contribution in [0.1, 0.15) is 12.6 Å². The largest absolute Gasteiger partial charge is 0.465 e. The first-order valence-corrected chi connectivity index (χ1v) is 5.20. The summed E-state index contributed by atoms with van der Waals surface area (Å²) in [5.41, 5.74) is 5.95. The van der Waals surface area contributed by atoms with E-state index in [9.17, 15) is 4.79 Å². The van der Waals surface area contributed by atoms with E-state index in [1.807, 2.05) is 0 Å². The topological polar surface area (TPSA) is 77.2 Å². The van der Waals surface area contributed by atoms with E-state index in [1.54, 1.807) is 25.1 Å². The second-order valence-electron chi connectivity index (χ2n) is 2.93. The summed E-state index contributed by atoms with van der Waals surface area (Å²) in [6.07, 6.45) is 0. The molecule has 0 saturated carbocycles. The Balaban J connectivity index is 2.57. The quantitative estimate of drug-likeness (QED) is 0.581. The summed E-state index contributed by atoms with van der Waals surface area (Å²) in [6, 6.07) is 5.19. The van der Waals surface area contributed by atoms with E-state index in [0.717, 1.165) is 0 Å². The third kappa shape index (κ3) is 3.82. The minimum absolute atomic E-state index is 0.0711. The van der Waals surface area contributed by atoms with Crippen molar-refractivity contribution in [2.75, 3.05) is 18.5 Å². The highest BCUT2D eigenvalue weighted by atomic mass is 32.1. The molecule has 0 fully saturated rings. The maximum absolute atomic E-state index is 11.1. The van der Waals surface area contributed by atoms with Crippen molar-refractivity contribution in [3.05, 3.63) is 23.9 Å². The SMILES string of the molecule is CCOC(=O)CNc1cccc(C(N)=S)n1. The first kappa shape index (κ1) is 12.4. The molecule has 0 amide bonds. The van der Waals surface area contributed by atoms with Gasteiger partial charge in [0.25, 0.3) is 0 Å². The van der Waals surface area contributed by atoms with Crippen LogP contribution in [0.15, 0.2) is 18.2 Å². The van der Waals surface area contributed by atoms with Crippen molar-refractivity contribution in [1.29, 1.82) is 0 Å². The van der Waals surface area contributed by atoms with E-state index in [1.165, 1.54) is 0 Å². The number of esters is 1. The van der Waals surface area contributed by atoms with Crippen molar-refractivity contribution in [2.24, 2.45) is 5.73 Å². The van der Waals surface area contributed by atoms with Crippen molar-refractivity contribution >= 4 is 29.0 Å². The lowest BCUT2D eigenvalue weighted by Gasteiger charge is -2.06. The number of pyridine rings is 1. The Morgan fingerprint density at radius 1 is 1.62 bits per heavy atom. The molecule has 3 N–H and O–H groups in total. The normalized spacial score (nSPS) is 9.56. The molecule has 86 valence electrons. The van der Waals surface area contributed by atoms with Crippen LogP contribution >= 0.6 is 12.2 Å². The zero-order valence-electron chi connectivity index (χ0n) is 8.90. The van der Waals surface area contributed by atoms with Gasteiger partial charge in [-0.25, -0.2) is 4.98 Å². The molecule has 5 nitrogen and oxygen atoms in total. The maximum atomic E-state index is 11.1. The van der Waals surface area contributed by atoms with E-state index in [-0.39, 0.29) is 17.5 Å². The molecule has 0 aliphatic heterocycles. The zero-order chi connectivity index (χ0) is 12.0. The molecule has 0 radical (unpaired) electrons. The van der Waals surface area contributed by atoms with Crippen LogP contribution in [0.5, 0.6) is 0 Å². The number of nitrogens with two attached hydrogens (primary N) is 1. The average molecular weight is 239 g/mol. The second-order valence-corrected chi connectivity index (χ2v) is 3.37. The number of hydrogen-bond acceptors (Lipinski definition) is 5. The van der Waals surface area contributed by atoms with E-state index in [2.05, 4.69) is 10.3 Å². The predicted octanol–water partition coefficient (Wildman–Crippen LogP) is 0.691. The molecule has 16 heavy (non-hydrogen) atoms. The number of aromatic nitrogens is 1. The Hall–Kier alpha value is -1.69. The van der Waals surface area contributed by atoms with Gasteiger partial charge >= 0.3 is 5.97 Å². The number of thiocarbonyl (C=S) groups is 1. The van der Waals surface area contributed by atoms with Gasteiger partial charge in [0.05, 0.1) is 12.3 Å².